The fraction of sp³-hybridized carbons (Fsp3) is 0.111. The van der Waals surface area contributed by atoms with Crippen LogP contribution < -0.4 is 10.1 Å². The van der Waals surface area contributed by atoms with Crippen molar-refractivity contribution in [1.29, 1.82) is 0 Å². The van der Waals surface area contributed by atoms with Crippen molar-refractivity contribution in [1.82, 2.24) is 14.8 Å². The first kappa shape index (κ1) is 19.8. The summed E-state index contributed by atoms with van der Waals surface area (Å²) >= 11 is 8.53. The van der Waals surface area contributed by atoms with Gasteiger partial charge in [-0.3, -0.25) is 9.36 Å². The first-order valence-electron chi connectivity index (χ1n) is 8.16. The fourth-order valence-electron chi connectivity index (χ4n) is 2.33. The monoisotopic (exact) mass is 415 g/mol. The van der Waals surface area contributed by atoms with E-state index in [1.807, 2.05) is 24.3 Å². The number of carboxylic acids is 1. The molecule has 1 unspecified atom stereocenters. The van der Waals surface area contributed by atoms with Gasteiger partial charge < -0.3 is 15.2 Å². The molecule has 144 valence electrons. The number of thiol groups is 2. The minimum atomic E-state index is -0.936. The van der Waals surface area contributed by atoms with Gasteiger partial charge in [0.05, 0.1) is 11.4 Å². The number of carboxylic acid groups (broad SMARTS) is 1. The third kappa shape index (κ3) is 4.84. The van der Waals surface area contributed by atoms with E-state index in [-0.39, 0.29) is 0 Å². The van der Waals surface area contributed by atoms with Crippen LogP contribution in [0.4, 0.5) is 11.4 Å². The van der Waals surface area contributed by atoms with Gasteiger partial charge in [-0.05, 0) is 37.3 Å². The van der Waals surface area contributed by atoms with Gasteiger partial charge >= 0.3 is 5.97 Å². The molecule has 0 aliphatic carbocycles. The maximum Gasteiger partial charge on any atom is 0.325 e. The number of hydrogen-bond donors (Lipinski definition) is 4. The number of carbonyl (C=O) groups is 1. The molecule has 8 nitrogen and oxygen atoms in total. The van der Waals surface area contributed by atoms with Crippen molar-refractivity contribution < 1.29 is 14.6 Å². The molecule has 0 saturated carbocycles. The Morgan fingerprint density at radius 2 is 1.93 bits per heavy atom. The molecule has 1 atom stereocenters. The third-order valence-electron chi connectivity index (χ3n) is 3.70. The standard InChI is InChI=1S/C18H17N5O3S2/c1-11(16(24)25)20-13-5-3-7-15(9-13)26-10-19-12-4-2-6-14(8-12)23-17(27)21-22-18(23)28/h2-11,20H,1H3,(H,21,27)(H,22,28)(H,24,25)/b19-10-. The van der Waals surface area contributed by atoms with Crippen LogP contribution in [0.15, 0.2) is 63.8 Å². The topological polar surface area (TPSA) is 102 Å². The summed E-state index contributed by atoms with van der Waals surface area (Å²) in [5.41, 5.74) is 2.06. The largest absolute Gasteiger partial charge is 0.480 e. The lowest BCUT2D eigenvalue weighted by molar-refractivity contribution is -0.137. The molecule has 3 rings (SSSR count). The third-order valence-corrected chi connectivity index (χ3v) is 4.27. The number of benzene rings is 2. The van der Waals surface area contributed by atoms with Crippen LogP contribution in [0.1, 0.15) is 6.92 Å². The summed E-state index contributed by atoms with van der Waals surface area (Å²) in [6.45, 7) is 1.56. The number of aliphatic imine (C=N–C) groups is 1. The summed E-state index contributed by atoms with van der Waals surface area (Å²) in [7, 11) is 0. The lowest BCUT2D eigenvalue weighted by Gasteiger charge is -2.11. The highest BCUT2D eigenvalue weighted by molar-refractivity contribution is 7.80. The zero-order chi connectivity index (χ0) is 20.1. The molecule has 28 heavy (non-hydrogen) atoms. The number of aliphatic carboxylic acids is 1. The molecule has 10 heteroatoms. The summed E-state index contributed by atoms with van der Waals surface area (Å²) in [4.78, 5) is 15.2. The molecule has 0 spiro atoms. The molecule has 1 heterocycles. The zero-order valence-electron chi connectivity index (χ0n) is 14.7. The van der Waals surface area contributed by atoms with Gasteiger partial charge in [0.25, 0.3) is 0 Å². The van der Waals surface area contributed by atoms with E-state index in [4.69, 9.17) is 9.84 Å². The number of nitrogens with zero attached hydrogens (tertiary/aromatic N) is 4. The van der Waals surface area contributed by atoms with Crippen molar-refractivity contribution in [3.8, 4) is 11.4 Å². The second-order valence-corrected chi connectivity index (χ2v) is 6.54. The predicted octanol–water partition coefficient (Wildman–Crippen LogP) is 3.47. The highest BCUT2D eigenvalue weighted by atomic mass is 32.1. The Morgan fingerprint density at radius 3 is 2.64 bits per heavy atom. The van der Waals surface area contributed by atoms with Crippen molar-refractivity contribution in [2.24, 2.45) is 4.99 Å². The molecule has 3 aromatic rings. The first-order chi connectivity index (χ1) is 13.4. The van der Waals surface area contributed by atoms with Crippen LogP contribution in [0.5, 0.6) is 5.75 Å². The van der Waals surface area contributed by atoms with E-state index in [0.29, 0.717) is 27.4 Å². The van der Waals surface area contributed by atoms with Crippen molar-refractivity contribution >= 4 is 49.0 Å². The summed E-state index contributed by atoms with van der Waals surface area (Å²) in [6.07, 6.45) is 1.31. The van der Waals surface area contributed by atoms with Crippen LogP contribution in [-0.2, 0) is 4.79 Å². The van der Waals surface area contributed by atoms with E-state index in [2.05, 4.69) is 45.8 Å². The Morgan fingerprint density at radius 1 is 1.21 bits per heavy atom. The van der Waals surface area contributed by atoms with Gasteiger partial charge in [0, 0.05) is 11.8 Å². The molecule has 2 aromatic carbocycles. The lowest BCUT2D eigenvalue weighted by atomic mass is 10.2. The number of hydrogen-bond acceptors (Lipinski definition) is 8. The van der Waals surface area contributed by atoms with Crippen molar-refractivity contribution in [2.75, 3.05) is 5.32 Å². The van der Waals surface area contributed by atoms with Crippen LogP contribution in [0, 0.1) is 0 Å². The molecular formula is C18H17N5O3S2. The van der Waals surface area contributed by atoms with Gasteiger partial charge in [0.2, 0.25) is 0 Å². The zero-order valence-corrected chi connectivity index (χ0v) is 16.5. The minimum Gasteiger partial charge on any atom is -0.480 e. The highest BCUT2D eigenvalue weighted by Crippen LogP contribution is 2.23. The van der Waals surface area contributed by atoms with Crippen LogP contribution in [0.25, 0.3) is 5.69 Å². The SMILES string of the molecule is CC(Nc1cccc(O/C=N\c2cccc(-n3c(S)nnc3S)c2)c1)C(=O)O. The smallest absolute Gasteiger partial charge is 0.325 e. The summed E-state index contributed by atoms with van der Waals surface area (Å²) in [5.74, 6) is -0.411. The minimum absolute atomic E-state index is 0.419. The van der Waals surface area contributed by atoms with Crippen molar-refractivity contribution in [3.63, 3.8) is 0 Å². The second-order valence-electron chi connectivity index (χ2n) is 5.74. The Kier molecular flexibility index (Phi) is 6.22. The van der Waals surface area contributed by atoms with Gasteiger partial charge in [-0.25, -0.2) is 4.99 Å². The van der Waals surface area contributed by atoms with Crippen LogP contribution in [0.2, 0.25) is 0 Å². The van der Waals surface area contributed by atoms with Crippen molar-refractivity contribution in [3.05, 3.63) is 48.5 Å². The number of ether oxygens (including phenoxy) is 1. The van der Waals surface area contributed by atoms with E-state index < -0.39 is 12.0 Å². The van der Waals surface area contributed by atoms with Gasteiger partial charge in [0.15, 0.2) is 16.7 Å². The molecule has 0 amide bonds. The summed E-state index contributed by atoms with van der Waals surface area (Å²) in [6, 6.07) is 13.6. The molecular weight excluding hydrogens is 398 g/mol. The molecule has 0 fully saturated rings. The molecule has 0 radical (unpaired) electrons. The van der Waals surface area contributed by atoms with Crippen molar-refractivity contribution in [2.45, 2.75) is 23.3 Å². The number of nitrogens with one attached hydrogen (secondary N) is 1. The number of rotatable bonds is 7. The quantitative estimate of drug-likeness (QED) is 0.268. The predicted molar refractivity (Wildman–Crippen MR) is 112 cm³/mol. The maximum atomic E-state index is 10.9. The summed E-state index contributed by atoms with van der Waals surface area (Å²) < 4.78 is 7.20. The van der Waals surface area contributed by atoms with Crippen LogP contribution in [-0.4, -0.2) is 38.3 Å². The van der Waals surface area contributed by atoms with E-state index >= 15 is 0 Å². The number of aromatic nitrogens is 3. The Labute approximate surface area is 172 Å². The number of anilines is 1. The highest BCUT2D eigenvalue weighted by Gasteiger charge is 2.10. The van der Waals surface area contributed by atoms with E-state index in [1.54, 1.807) is 35.8 Å². The fourth-order valence-corrected chi connectivity index (χ4v) is 2.92. The molecule has 0 saturated heterocycles. The first-order valence-corrected chi connectivity index (χ1v) is 9.06. The normalized spacial score (nSPS) is 12.1. The Bertz CT molecular complexity index is 1000. The van der Waals surface area contributed by atoms with E-state index in [1.165, 1.54) is 6.40 Å². The van der Waals surface area contributed by atoms with Gasteiger partial charge in [0.1, 0.15) is 11.8 Å². The molecule has 1 aromatic heterocycles. The molecule has 0 bridgehead atoms. The average Bonchev–Trinajstić information content (AvgIpc) is 3.00. The summed E-state index contributed by atoms with van der Waals surface area (Å²) in [5, 5.41) is 20.4. The van der Waals surface area contributed by atoms with Crippen LogP contribution >= 0.6 is 25.3 Å². The van der Waals surface area contributed by atoms with Crippen LogP contribution in [0.3, 0.4) is 0 Å². The molecule has 2 N–H and O–H groups in total. The molecule has 0 aliphatic rings. The average molecular weight is 416 g/mol. The van der Waals surface area contributed by atoms with E-state index in [9.17, 15) is 4.79 Å². The Balaban J connectivity index is 1.70. The van der Waals surface area contributed by atoms with Gasteiger partial charge in [-0.15, -0.1) is 35.5 Å². The van der Waals surface area contributed by atoms with E-state index in [0.717, 1.165) is 5.69 Å². The Hall–Kier alpha value is -2.98. The lowest BCUT2D eigenvalue weighted by Crippen LogP contribution is -2.25. The second kappa shape index (κ2) is 8.81. The van der Waals surface area contributed by atoms with Gasteiger partial charge in [-0.2, -0.15) is 0 Å². The van der Waals surface area contributed by atoms with Gasteiger partial charge in [-0.1, -0.05) is 12.1 Å². The molecule has 0 aliphatic heterocycles. The maximum absolute atomic E-state index is 10.9.